The molecule has 4 amide bonds. The third-order valence-corrected chi connectivity index (χ3v) is 4.47. The Morgan fingerprint density at radius 1 is 1.38 bits per heavy atom. The van der Waals surface area contributed by atoms with E-state index < -0.39 is 29.8 Å². The van der Waals surface area contributed by atoms with Crippen molar-refractivity contribution in [1.29, 1.82) is 0 Å². The third kappa shape index (κ3) is 4.87. The number of rotatable bonds is 4. The van der Waals surface area contributed by atoms with Gasteiger partial charge >= 0.3 is 12.0 Å². The van der Waals surface area contributed by atoms with E-state index in [0.29, 0.717) is 10.7 Å². The van der Waals surface area contributed by atoms with Gasteiger partial charge in [-0.1, -0.05) is 11.6 Å². The summed E-state index contributed by atoms with van der Waals surface area (Å²) in [5.74, 6) is -1.82. The average Bonchev–Trinajstić information content (AvgIpc) is 2.53. The van der Waals surface area contributed by atoms with Crippen LogP contribution in [0.1, 0.15) is 6.42 Å². The number of amides is 4. The molecule has 0 bridgehead atoms. The Kier molecular flexibility index (Phi) is 6.04. The molecule has 1 aromatic carbocycles. The molecule has 10 heteroatoms. The molecular formula is C14H14ClN3O5S. The highest BCUT2D eigenvalue weighted by molar-refractivity contribution is 8.01. The van der Waals surface area contributed by atoms with Crippen molar-refractivity contribution in [3.8, 4) is 0 Å². The number of carbonyl (C=O) groups excluding carboxylic acids is 4. The molecule has 1 unspecified atom stereocenters. The zero-order chi connectivity index (χ0) is 17.7. The molecule has 1 heterocycles. The van der Waals surface area contributed by atoms with Crippen LogP contribution in [-0.4, -0.2) is 42.7 Å². The minimum absolute atomic E-state index is 0.203. The number of anilines is 1. The molecule has 1 aliphatic rings. The van der Waals surface area contributed by atoms with Crippen LogP contribution in [0, 0.1) is 0 Å². The van der Waals surface area contributed by atoms with E-state index in [4.69, 9.17) is 16.3 Å². The van der Waals surface area contributed by atoms with Gasteiger partial charge in [0.05, 0.1) is 17.4 Å². The quantitative estimate of drug-likeness (QED) is 0.684. The van der Waals surface area contributed by atoms with E-state index in [-0.39, 0.29) is 12.3 Å². The van der Waals surface area contributed by atoms with Gasteiger partial charge in [0.15, 0.2) is 6.61 Å². The Balaban J connectivity index is 1.86. The Hall–Kier alpha value is -2.26. The van der Waals surface area contributed by atoms with Crippen LogP contribution in [-0.2, 0) is 19.1 Å². The first-order valence-corrected chi connectivity index (χ1v) is 8.09. The van der Waals surface area contributed by atoms with Crippen molar-refractivity contribution in [3.05, 3.63) is 23.2 Å². The lowest BCUT2D eigenvalue weighted by atomic mass is 10.2. The van der Waals surface area contributed by atoms with E-state index in [1.54, 1.807) is 18.2 Å². The van der Waals surface area contributed by atoms with E-state index in [1.165, 1.54) is 18.8 Å². The van der Waals surface area contributed by atoms with Crippen LogP contribution >= 0.6 is 23.4 Å². The maximum atomic E-state index is 12.0. The molecule has 3 N–H and O–H groups in total. The van der Waals surface area contributed by atoms with Gasteiger partial charge in [0, 0.05) is 17.0 Å². The molecule has 1 aliphatic heterocycles. The van der Waals surface area contributed by atoms with Crippen LogP contribution in [0.2, 0.25) is 5.02 Å². The standard InChI is InChI=1S/C14H14ClN3O5S/c1-16-14(22)18-11(19)6-23-12(20)5-10-13(21)17-8-4-7(15)2-3-9(8)24-10/h2-4,10H,5-6H2,1H3,(H,17,21)(H2,16,18,19,22). The molecule has 0 aromatic heterocycles. The summed E-state index contributed by atoms with van der Waals surface area (Å²) in [4.78, 5) is 46.8. The number of nitrogens with one attached hydrogen (secondary N) is 3. The fourth-order valence-electron chi connectivity index (χ4n) is 1.84. The predicted octanol–water partition coefficient (Wildman–Crippen LogP) is 1.14. The summed E-state index contributed by atoms with van der Waals surface area (Å²) in [6.45, 7) is -0.600. The third-order valence-electron chi connectivity index (χ3n) is 2.96. The van der Waals surface area contributed by atoms with E-state index >= 15 is 0 Å². The van der Waals surface area contributed by atoms with Crippen LogP contribution in [0.5, 0.6) is 0 Å². The number of fused-ring (bicyclic) bond motifs is 1. The highest BCUT2D eigenvalue weighted by Gasteiger charge is 2.29. The minimum atomic E-state index is -0.761. The summed E-state index contributed by atoms with van der Waals surface area (Å²) in [6, 6.07) is 4.35. The Morgan fingerprint density at radius 2 is 2.12 bits per heavy atom. The maximum Gasteiger partial charge on any atom is 0.321 e. The second-order valence-electron chi connectivity index (χ2n) is 4.73. The summed E-state index contributed by atoms with van der Waals surface area (Å²) >= 11 is 7.08. The molecule has 2 rings (SSSR count). The Labute approximate surface area is 146 Å². The van der Waals surface area contributed by atoms with E-state index in [0.717, 1.165) is 4.90 Å². The summed E-state index contributed by atoms with van der Waals surface area (Å²) in [7, 11) is 1.35. The number of thioether (sulfide) groups is 1. The van der Waals surface area contributed by atoms with Crippen molar-refractivity contribution < 1.29 is 23.9 Å². The van der Waals surface area contributed by atoms with Crippen LogP contribution in [0.3, 0.4) is 0 Å². The number of carbonyl (C=O) groups is 4. The summed E-state index contributed by atoms with van der Waals surface area (Å²) in [5.41, 5.74) is 0.590. The van der Waals surface area contributed by atoms with Crippen molar-refractivity contribution in [3.63, 3.8) is 0 Å². The molecule has 0 spiro atoms. The zero-order valence-electron chi connectivity index (χ0n) is 12.6. The molecule has 0 saturated heterocycles. The van der Waals surface area contributed by atoms with Crippen molar-refractivity contribution in [2.75, 3.05) is 19.0 Å². The van der Waals surface area contributed by atoms with Crippen molar-refractivity contribution in [1.82, 2.24) is 10.6 Å². The molecule has 0 fully saturated rings. The normalized spacial score (nSPS) is 15.8. The number of imide groups is 1. The van der Waals surface area contributed by atoms with Crippen LogP contribution in [0.4, 0.5) is 10.5 Å². The number of ether oxygens (including phenoxy) is 1. The monoisotopic (exact) mass is 371 g/mol. The van der Waals surface area contributed by atoms with Gasteiger partial charge in [0.25, 0.3) is 5.91 Å². The van der Waals surface area contributed by atoms with Gasteiger partial charge in [0.2, 0.25) is 5.91 Å². The van der Waals surface area contributed by atoms with Gasteiger partial charge in [0.1, 0.15) is 0 Å². The maximum absolute atomic E-state index is 12.0. The van der Waals surface area contributed by atoms with Gasteiger partial charge in [-0.2, -0.15) is 0 Å². The average molecular weight is 372 g/mol. The first kappa shape index (κ1) is 18.1. The van der Waals surface area contributed by atoms with Crippen LogP contribution in [0.15, 0.2) is 23.1 Å². The van der Waals surface area contributed by atoms with Gasteiger partial charge in [-0.3, -0.25) is 19.7 Å². The molecule has 1 aromatic rings. The lowest BCUT2D eigenvalue weighted by molar-refractivity contribution is -0.148. The van der Waals surface area contributed by atoms with Crippen molar-refractivity contribution >= 4 is 52.9 Å². The topological polar surface area (TPSA) is 114 Å². The highest BCUT2D eigenvalue weighted by Crippen LogP contribution is 2.38. The lowest BCUT2D eigenvalue weighted by Gasteiger charge is -2.23. The molecule has 1 atom stereocenters. The molecular weight excluding hydrogens is 358 g/mol. The number of benzene rings is 1. The number of esters is 1. The number of hydrogen-bond donors (Lipinski definition) is 3. The first-order valence-electron chi connectivity index (χ1n) is 6.83. The van der Waals surface area contributed by atoms with Crippen molar-refractivity contribution in [2.45, 2.75) is 16.6 Å². The molecule has 0 saturated carbocycles. The predicted molar refractivity (Wildman–Crippen MR) is 87.9 cm³/mol. The molecule has 8 nitrogen and oxygen atoms in total. The molecule has 0 aliphatic carbocycles. The Morgan fingerprint density at radius 3 is 2.83 bits per heavy atom. The smallest absolute Gasteiger partial charge is 0.321 e. The van der Waals surface area contributed by atoms with Gasteiger partial charge in [-0.05, 0) is 18.2 Å². The molecule has 128 valence electrons. The highest BCUT2D eigenvalue weighted by atomic mass is 35.5. The van der Waals surface area contributed by atoms with E-state index in [1.807, 2.05) is 5.32 Å². The zero-order valence-corrected chi connectivity index (χ0v) is 14.1. The Bertz CT molecular complexity index is 697. The first-order chi connectivity index (χ1) is 11.4. The van der Waals surface area contributed by atoms with E-state index in [9.17, 15) is 19.2 Å². The number of hydrogen-bond acceptors (Lipinski definition) is 6. The molecule has 0 radical (unpaired) electrons. The van der Waals surface area contributed by atoms with Gasteiger partial charge < -0.3 is 15.4 Å². The fourth-order valence-corrected chi connectivity index (χ4v) is 3.09. The minimum Gasteiger partial charge on any atom is -0.456 e. The SMILES string of the molecule is CNC(=O)NC(=O)COC(=O)CC1Sc2ccc(Cl)cc2NC1=O. The second-order valence-corrected chi connectivity index (χ2v) is 6.41. The van der Waals surface area contributed by atoms with Gasteiger partial charge in [-0.15, -0.1) is 11.8 Å². The summed E-state index contributed by atoms with van der Waals surface area (Å²) in [5, 5.41) is 6.64. The van der Waals surface area contributed by atoms with E-state index in [2.05, 4.69) is 10.6 Å². The largest absolute Gasteiger partial charge is 0.456 e. The van der Waals surface area contributed by atoms with Crippen LogP contribution in [0.25, 0.3) is 0 Å². The molecule has 24 heavy (non-hydrogen) atoms. The lowest BCUT2D eigenvalue weighted by Crippen LogP contribution is -2.40. The van der Waals surface area contributed by atoms with Crippen molar-refractivity contribution in [2.24, 2.45) is 0 Å². The fraction of sp³-hybridized carbons (Fsp3) is 0.286. The number of halogens is 1. The summed E-state index contributed by atoms with van der Waals surface area (Å²) in [6.07, 6.45) is -0.203. The second kappa shape index (κ2) is 8.02. The van der Waals surface area contributed by atoms with Crippen LogP contribution < -0.4 is 16.0 Å². The number of urea groups is 1. The summed E-state index contributed by atoms with van der Waals surface area (Å²) < 4.78 is 4.76. The van der Waals surface area contributed by atoms with Gasteiger partial charge in [-0.25, -0.2) is 4.79 Å².